The molecule has 0 saturated carbocycles. The molecule has 8 nitrogen and oxygen atoms in total. The molecular weight excluding hydrogens is 362 g/mol. The van der Waals surface area contributed by atoms with Crippen molar-refractivity contribution in [3.63, 3.8) is 0 Å². The normalized spacial score (nSPS) is 12.1. The molecule has 2 aromatic heterocycles. The molecule has 0 spiro atoms. The summed E-state index contributed by atoms with van der Waals surface area (Å²) < 4.78 is 11.0. The lowest BCUT2D eigenvalue weighted by Gasteiger charge is -2.10. The summed E-state index contributed by atoms with van der Waals surface area (Å²) in [6, 6.07) is 1.69. The van der Waals surface area contributed by atoms with Crippen molar-refractivity contribution in [2.24, 2.45) is 0 Å². The van der Waals surface area contributed by atoms with Gasteiger partial charge < -0.3 is 19.9 Å². The number of anilines is 2. The molecule has 0 aliphatic heterocycles. The molecule has 2 N–H and O–H groups in total. The molecule has 0 bridgehead atoms. The van der Waals surface area contributed by atoms with E-state index < -0.39 is 0 Å². The first kappa shape index (κ1) is 19.7. The highest BCUT2D eigenvalue weighted by Gasteiger charge is 2.21. The van der Waals surface area contributed by atoms with E-state index in [0.29, 0.717) is 18.0 Å². The van der Waals surface area contributed by atoms with Crippen molar-refractivity contribution < 1.29 is 14.1 Å². The molecule has 10 heteroatoms. The summed E-state index contributed by atoms with van der Waals surface area (Å²) in [6.45, 7) is 7.95. The van der Waals surface area contributed by atoms with Crippen LogP contribution >= 0.6 is 23.1 Å². The van der Waals surface area contributed by atoms with E-state index >= 15 is 0 Å². The largest absolute Gasteiger partial charge is 0.382 e. The van der Waals surface area contributed by atoms with E-state index in [1.165, 1.54) is 23.1 Å². The Balaban J connectivity index is 1.81. The lowest BCUT2D eigenvalue weighted by atomic mass is 10.3. The van der Waals surface area contributed by atoms with Crippen molar-refractivity contribution in [1.82, 2.24) is 15.4 Å². The summed E-state index contributed by atoms with van der Waals surface area (Å²) in [5.41, 5.74) is 0. The number of hydrogen-bond acceptors (Lipinski definition) is 9. The zero-order chi connectivity index (χ0) is 18.1. The van der Waals surface area contributed by atoms with Crippen molar-refractivity contribution in [2.45, 2.75) is 43.2 Å². The van der Waals surface area contributed by atoms with E-state index in [1.807, 2.05) is 13.8 Å². The molecule has 0 aromatic carbocycles. The maximum atomic E-state index is 12.3. The van der Waals surface area contributed by atoms with Crippen LogP contribution in [0.5, 0.6) is 0 Å². The fraction of sp³-hybridized carbons (Fsp3) is 0.600. The first-order valence-electron chi connectivity index (χ1n) is 8.18. The number of rotatable bonds is 11. The van der Waals surface area contributed by atoms with Gasteiger partial charge in [0.05, 0.1) is 5.25 Å². The topological polar surface area (TPSA) is 102 Å². The van der Waals surface area contributed by atoms with E-state index in [-0.39, 0.29) is 11.2 Å². The van der Waals surface area contributed by atoms with Crippen molar-refractivity contribution in [1.29, 1.82) is 0 Å². The minimum absolute atomic E-state index is 0.123. The number of thioether (sulfide) groups is 1. The van der Waals surface area contributed by atoms with Crippen LogP contribution < -0.4 is 10.6 Å². The number of nitrogens with zero attached hydrogens (tertiary/aromatic N) is 3. The van der Waals surface area contributed by atoms with Gasteiger partial charge in [-0.2, -0.15) is 0 Å². The van der Waals surface area contributed by atoms with Gasteiger partial charge in [0.15, 0.2) is 10.2 Å². The zero-order valence-corrected chi connectivity index (χ0v) is 16.2. The zero-order valence-electron chi connectivity index (χ0n) is 14.6. The number of carbonyl (C=O) groups is 1. The van der Waals surface area contributed by atoms with E-state index in [2.05, 4.69) is 26.0 Å². The first-order chi connectivity index (χ1) is 12.1. The molecule has 0 fully saturated rings. The Bertz CT molecular complexity index is 661. The van der Waals surface area contributed by atoms with Crippen LogP contribution in [0.1, 0.15) is 32.4 Å². The van der Waals surface area contributed by atoms with Gasteiger partial charge in [0.2, 0.25) is 11.0 Å². The molecule has 25 heavy (non-hydrogen) atoms. The van der Waals surface area contributed by atoms with E-state index in [1.54, 1.807) is 13.0 Å². The van der Waals surface area contributed by atoms with Crippen LogP contribution in [-0.2, 0) is 9.53 Å². The number of hydrogen-bond donors (Lipinski definition) is 2. The second-order valence-electron chi connectivity index (χ2n) is 5.18. The Morgan fingerprint density at radius 3 is 2.96 bits per heavy atom. The predicted molar refractivity (Wildman–Crippen MR) is 99.3 cm³/mol. The molecule has 0 saturated heterocycles. The fourth-order valence-electron chi connectivity index (χ4n) is 1.92. The molecule has 2 rings (SSSR count). The number of aryl methyl sites for hydroxylation is 1. The molecule has 1 unspecified atom stereocenters. The molecule has 2 heterocycles. The van der Waals surface area contributed by atoms with Gasteiger partial charge in [0, 0.05) is 25.8 Å². The summed E-state index contributed by atoms with van der Waals surface area (Å²) in [4.78, 5) is 12.3. The van der Waals surface area contributed by atoms with Gasteiger partial charge in [-0.1, -0.05) is 35.2 Å². The molecule has 2 aromatic rings. The minimum atomic E-state index is -0.268. The number of carbonyl (C=O) groups excluding carboxylic acids is 1. The molecule has 0 radical (unpaired) electrons. The molecule has 138 valence electrons. The maximum absolute atomic E-state index is 12.3. The summed E-state index contributed by atoms with van der Waals surface area (Å²) in [7, 11) is 0. The summed E-state index contributed by atoms with van der Waals surface area (Å²) >= 11 is 2.84. The Morgan fingerprint density at radius 2 is 2.28 bits per heavy atom. The van der Waals surface area contributed by atoms with Crippen LogP contribution in [0.4, 0.5) is 10.9 Å². The first-order valence-corrected chi connectivity index (χ1v) is 9.88. The van der Waals surface area contributed by atoms with Gasteiger partial charge in [-0.25, -0.2) is 0 Å². The van der Waals surface area contributed by atoms with E-state index in [4.69, 9.17) is 9.26 Å². The maximum Gasteiger partial charge on any atom is 0.239 e. The highest BCUT2D eigenvalue weighted by molar-refractivity contribution is 8.02. The summed E-state index contributed by atoms with van der Waals surface area (Å²) in [6.07, 6.45) is 1.58. The Morgan fingerprint density at radius 1 is 1.44 bits per heavy atom. The predicted octanol–water partition coefficient (Wildman–Crippen LogP) is 3.18. The quantitative estimate of drug-likeness (QED) is 0.449. The summed E-state index contributed by atoms with van der Waals surface area (Å²) in [5, 5.41) is 18.5. The van der Waals surface area contributed by atoms with Gasteiger partial charge in [0.1, 0.15) is 5.76 Å². The Labute approximate surface area is 155 Å². The van der Waals surface area contributed by atoms with Gasteiger partial charge >= 0.3 is 0 Å². The third-order valence-corrected chi connectivity index (χ3v) is 5.47. The lowest BCUT2D eigenvalue weighted by molar-refractivity contribution is -0.115. The smallest absolute Gasteiger partial charge is 0.239 e. The highest BCUT2D eigenvalue weighted by atomic mass is 32.2. The number of amides is 1. The van der Waals surface area contributed by atoms with Gasteiger partial charge in [0.25, 0.3) is 0 Å². The van der Waals surface area contributed by atoms with Gasteiger partial charge in [-0.3, -0.25) is 4.79 Å². The Hall–Kier alpha value is -1.65. The third kappa shape index (κ3) is 6.63. The van der Waals surface area contributed by atoms with Crippen molar-refractivity contribution in [3.05, 3.63) is 11.8 Å². The minimum Gasteiger partial charge on any atom is -0.382 e. The number of ether oxygens (including phenoxy) is 1. The van der Waals surface area contributed by atoms with Crippen LogP contribution in [0.3, 0.4) is 0 Å². The molecule has 1 amide bonds. The fourth-order valence-corrected chi connectivity index (χ4v) is 3.86. The molecule has 0 aliphatic carbocycles. The second kappa shape index (κ2) is 10.4. The summed E-state index contributed by atoms with van der Waals surface area (Å²) in [5.74, 6) is 0.956. The van der Waals surface area contributed by atoms with Crippen LogP contribution in [0.15, 0.2) is 14.9 Å². The molecule has 0 aliphatic rings. The molecule has 1 atom stereocenters. The number of aromatic nitrogens is 3. The second-order valence-corrected chi connectivity index (χ2v) is 7.60. The highest BCUT2D eigenvalue weighted by Crippen LogP contribution is 2.31. The van der Waals surface area contributed by atoms with Gasteiger partial charge in [-0.05, 0) is 26.7 Å². The van der Waals surface area contributed by atoms with Crippen LogP contribution in [0.2, 0.25) is 0 Å². The standard InChI is InChI=1S/C15H23N5O3S2/c1-4-11(13(21)17-12-9-10(3)23-20-12)24-15-19-18-14(25-15)16-7-6-8-22-5-2/h9,11H,4-8H2,1-3H3,(H,16,18)(H,17,20,21). The van der Waals surface area contributed by atoms with E-state index in [9.17, 15) is 4.79 Å². The Kier molecular flexibility index (Phi) is 8.16. The lowest BCUT2D eigenvalue weighted by Crippen LogP contribution is -2.24. The van der Waals surface area contributed by atoms with Crippen LogP contribution in [-0.4, -0.2) is 46.3 Å². The van der Waals surface area contributed by atoms with E-state index in [0.717, 1.165) is 35.7 Å². The third-order valence-electron chi connectivity index (χ3n) is 3.14. The van der Waals surface area contributed by atoms with Crippen molar-refractivity contribution in [2.75, 3.05) is 30.4 Å². The van der Waals surface area contributed by atoms with Gasteiger partial charge in [-0.15, -0.1) is 10.2 Å². The van der Waals surface area contributed by atoms with Crippen LogP contribution in [0.25, 0.3) is 0 Å². The average Bonchev–Trinajstić information content (AvgIpc) is 3.21. The number of nitrogens with one attached hydrogen (secondary N) is 2. The van der Waals surface area contributed by atoms with Crippen LogP contribution in [0, 0.1) is 6.92 Å². The molecular formula is C15H23N5O3S2. The van der Waals surface area contributed by atoms with Crippen molar-refractivity contribution in [3.8, 4) is 0 Å². The van der Waals surface area contributed by atoms with Crippen molar-refractivity contribution >= 4 is 40.0 Å². The average molecular weight is 386 g/mol. The monoisotopic (exact) mass is 385 g/mol. The SMILES string of the molecule is CCOCCCNc1nnc(SC(CC)C(=O)Nc2cc(C)on2)s1.